The first kappa shape index (κ1) is 82.6. The number of nitriles is 1. The molecule has 122 heavy (non-hydrogen) atoms. The first-order valence-electron chi connectivity index (χ1n) is 49.0. The Bertz CT molecular complexity index is 4910. The highest BCUT2D eigenvalue weighted by molar-refractivity contribution is 5.66. The molecule has 15 nitrogen and oxygen atoms in total. The molecule has 14 saturated carbocycles. The Labute approximate surface area is 730 Å². The van der Waals surface area contributed by atoms with Crippen molar-refractivity contribution in [3.05, 3.63) is 98.8 Å². The maximum Gasteiger partial charge on any atom is 0.179 e. The van der Waals surface area contributed by atoms with E-state index in [1.165, 1.54) is 102 Å². The average molecular weight is 1670 g/mol. The monoisotopic (exact) mass is 1670 g/mol. The summed E-state index contributed by atoms with van der Waals surface area (Å²) in [4.78, 5) is 4.97. The number of hydrogen-bond donors (Lipinski definition) is 8. The second kappa shape index (κ2) is 24.5. The zero-order chi connectivity index (χ0) is 86.6. The third-order valence-electron chi connectivity index (χ3n) is 44.8. The number of piperidine rings is 4. The summed E-state index contributed by atoms with van der Waals surface area (Å²) in [6, 6.07) is 14.4. The largest absolute Gasteiger partial charge is 0.504 e. The third kappa shape index (κ3) is 9.24. The molecule has 30 atom stereocenters. The van der Waals surface area contributed by atoms with Gasteiger partial charge in [-0.1, -0.05) is 147 Å². The fourth-order valence-corrected chi connectivity index (χ4v) is 36.9. The highest BCUT2D eigenvalue weighted by Gasteiger charge is 2.87. The number of fused-ring (bicyclic) bond motifs is 8. The number of hydrogen-bond acceptors (Lipinski definition) is 15. The standard InChI is InChI=1S/C29H41NO3.C27H38N2O2.C26H37NO2.C25H35NO3/c1-25(2,3)27(5,32)20-15-28-11-10-26(20,4)24-29(28)12-13-30(16-17-6-7-17)21(28)14-18-8-9-19(31)23(33-24)22(18)29;1-16-7-8-17-13-19-26-10-9-24(5,18(14-26)25(6,30)23(2,3)4)22-27(26,11-12-29(19)15-28)20(17)21(16)31-22;1-15-7-8-16-13-18-25-10-9-23(5,17(14-25)24(6,28)22(2,3)4)21-26(25,11-12-27-18)19(16)20(15)29-21;1-21(2,3)23(5,28)16-13-24-9-8-22(16,4)20-25(24)10-11-26-17(24)12-14-6-7-15(27)19(29-20)18(14)25/h8-9,17,20-21,24,31-32H,6-7,10-16H2,1-5H3;7-8,17-20,22,30H,9-14H2,1-6H3;7-8,17-18,21,27-28H,9-14H2,1-6H3;6-7,16-17,20,26-28H,8-13H2,1-5H3/t20?,21-,24?,26?,27?,28?,29+;17?,18?,19-,20?,22?,24?,25?,26?,27+;17?,18-,21?,23?,24?,25?,26+;16?,17-,20?,22?,23?,24?,25+/m1111/s1. The van der Waals surface area contributed by atoms with Crippen LogP contribution in [0.3, 0.4) is 0 Å². The summed E-state index contributed by atoms with van der Waals surface area (Å²) in [5, 5.41) is 87.7. The second-order valence-corrected chi connectivity index (χ2v) is 52.0. The first-order valence-corrected chi connectivity index (χ1v) is 49.0. The minimum absolute atomic E-state index is 0.000486. The molecule has 0 radical (unpaired) electrons. The van der Waals surface area contributed by atoms with E-state index < -0.39 is 22.4 Å². The van der Waals surface area contributed by atoms with E-state index in [1.807, 2.05) is 12.1 Å². The van der Waals surface area contributed by atoms with Crippen molar-refractivity contribution < 1.29 is 49.6 Å². The molecule has 26 aliphatic rings. The minimum atomic E-state index is -0.793. The van der Waals surface area contributed by atoms with Crippen molar-refractivity contribution in [2.24, 2.45) is 112 Å². The van der Waals surface area contributed by atoms with Gasteiger partial charge in [0, 0.05) is 114 Å². The van der Waals surface area contributed by atoms with Crippen LogP contribution in [0.25, 0.3) is 0 Å². The van der Waals surface area contributed by atoms with Crippen molar-refractivity contribution in [2.75, 3.05) is 32.7 Å². The molecular weight excluding hydrogens is 1520 g/mol. The zero-order valence-corrected chi connectivity index (χ0v) is 78.5. The fourth-order valence-electron chi connectivity index (χ4n) is 36.9. The Morgan fingerprint density at radius 2 is 0.869 bits per heavy atom. The SMILES string of the molecule is CC12CCC3(CC1C(C)(O)C(C)(C)C)[C@H]1Cc4ccc(O)c5c4[C@@]3(CCN1)C2O5.CC12CCC3(CC1C(C)(O)C(C)(C)C)[C@H]1Cc4ccc(O)c5c4[C@@]3(CCN1CC1CC1)C2O5.CC1=C2OC3C4(C)CCC5(CC4C(C)(O)C(C)(C)C)[C@H]4CC(C=C1)C2[C@@]35CCN4C#N.Cc1ccc2c3c1OC1C4(C)CCC5(CC4C(C)(O)C(C)(C)C)[C@@H](C2)NCC[C@]315. The lowest BCUT2D eigenvalue weighted by Gasteiger charge is -2.76. The number of aryl methyl sites for hydroxylation is 1. The van der Waals surface area contributed by atoms with E-state index in [4.69, 9.17) is 18.9 Å². The summed E-state index contributed by atoms with van der Waals surface area (Å²) in [5.41, 5.74) is 7.64. The molecule has 3 aromatic carbocycles. The number of nitrogens with one attached hydrogen (secondary N) is 2. The lowest BCUT2D eigenvalue weighted by Crippen LogP contribution is -2.80. The van der Waals surface area contributed by atoms with E-state index in [0.29, 0.717) is 41.5 Å². The minimum Gasteiger partial charge on any atom is -0.504 e. The van der Waals surface area contributed by atoms with Gasteiger partial charge in [0.1, 0.15) is 35.9 Å². The number of benzene rings is 3. The Kier molecular flexibility index (Phi) is 16.6. The summed E-state index contributed by atoms with van der Waals surface area (Å²) in [6.45, 7) is 54.0. The van der Waals surface area contributed by atoms with E-state index in [2.05, 4.69) is 215 Å². The topological polar surface area (TPSA) is 213 Å². The van der Waals surface area contributed by atoms with Crippen LogP contribution in [0.5, 0.6) is 28.7 Å². The second-order valence-electron chi connectivity index (χ2n) is 52.0. The van der Waals surface area contributed by atoms with Crippen LogP contribution in [0.4, 0.5) is 0 Å². The first-order chi connectivity index (χ1) is 56.9. The highest BCUT2D eigenvalue weighted by atomic mass is 16.5. The molecule has 18 aliphatic carbocycles. The molecule has 19 fully saturated rings. The number of allylic oxidation sites excluding steroid dienone is 4. The van der Waals surface area contributed by atoms with Crippen LogP contribution in [-0.4, -0.2) is 144 Å². The fraction of sp³-hybridized carbons (Fsp3) is 0.785. The predicted molar refractivity (Wildman–Crippen MR) is 476 cm³/mol. The van der Waals surface area contributed by atoms with E-state index in [-0.39, 0.29) is 141 Å². The molecule has 0 aromatic heterocycles. The maximum absolute atomic E-state index is 12.1. The lowest BCUT2D eigenvalue weighted by atomic mass is 9.29. The highest BCUT2D eigenvalue weighted by Crippen LogP contribution is 2.86. The summed E-state index contributed by atoms with van der Waals surface area (Å²) < 4.78 is 27.9. The number of phenols is 2. The van der Waals surface area contributed by atoms with Crippen LogP contribution >= 0.6 is 0 Å². The van der Waals surface area contributed by atoms with Crippen molar-refractivity contribution in [3.63, 3.8) is 0 Å². The van der Waals surface area contributed by atoms with E-state index in [1.54, 1.807) is 5.56 Å². The van der Waals surface area contributed by atoms with Gasteiger partial charge in [-0.25, -0.2) is 0 Å². The zero-order valence-electron chi connectivity index (χ0n) is 78.5. The van der Waals surface area contributed by atoms with Gasteiger partial charge < -0.3 is 65.1 Å². The molecule has 664 valence electrons. The van der Waals surface area contributed by atoms with Crippen molar-refractivity contribution in [1.29, 1.82) is 5.26 Å². The number of rotatable bonds is 6. The van der Waals surface area contributed by atoms with Gasteiger partial charge in [0.15, 0.2) is 29.2 Å². The Balaban J connectivity index is 0.0000000973. The van der Waals surface area contributed by atoms with Crippen LogP contribution in [0, 0.1) is 130 Å². The van der Waals surface area contributed by atoms with E-state index in [0.717, 1.165) is 140 Å². The van der Waals surface area contributed by atoms with Gasteiger partial charge in [0.25, 0.3) is 0 Å². The van der Waals surface area contributed by atoms with Crippen molar-refractivity contribution in [3.8, 4) is 34.9 Å². The summed E-state index contributed by atoms with van der Waals surface area (Å²) in [5.74, 6) is 7.15. The Hall–Kier alpha value is -5.05. The third-order valence-corrected chi connectivity index (χ3v) is 44.8. The molecule has 22 unspecified atom stereocenters. The number of phenolic OH excluding ortho intramolecular Hbond substituents is 2. The van der Waals surface area contributed by atoms with Crippen molar-refractivity contribution >= 4 is 0 Å². The van der Waals surface area contributed by atoms with Crippen LogP contribution in [0.2, 0.25) is 0 Å². The Morgan fingerprint density at radius 3 is 1.34 bits per heavy atom. The molecule has 8 aliphatic heterocycles. The molecule has 5 saturated heterocycles. The van der Waals surface area contributed by atoms with Crippen LogP contribution in [0.1, 0.15) is 306 Å². The molecule has 0 amide bonds. The van der Waals surface area contributed by atoms with Gasteiger partial charge in [0.05, 0.1) is 22.4 Å². The van der Waals surface area contributed by atoms with Gasteiger partial charge in [-0.2, -0.15) is 5.26 Å². The normalized spacial score (nSPS) is 47.0. The number of aliphatic hydroxyl groups is 4. The lowest BCUT2D eigenvalue weighted by molar-refractivity contribution is -0.314. The smallest absolute Gasteiger partial charge is 0.179 e. The number of ether oxygens (including phenoxy) is 4. The Morgan fingerprint density at radius 1 is 0.459 bits per heavy atom. The van der Waals surface area contributed by atoms with Gasteiger partial charge in [0.2, 0.25) is 0 Å². The molecule has 8 heterocycles. The van der Waals surface area contributed by atoms with E-state index >= 15 is 0 Å². The van der Waals surface area contributed by atoms with Gasteiger partial charge in [-0.3, -0.25) is 4.90 Å². The van der Waals surface area contributed by atoms with Crippen molar-refractivity contribution in [1.82, 2.24) is 20.4 Å². The van der Waals surface area contributed by atoms with Crippen LogP contribution < -0.4 is 24.8 Å². The molecule has 3 aromatic rings. The predicted octanol–water partition coefficient (Wildman–Crippen LogP) is 18.5. The van der Waals surface area contributed by atoms with Gasteiger partial charge in [-0.05, 0) is 310 Å². The van der Waals surface area contributed by atoms with E-state index in [9.17, 15) is 35.9 Å². The van der Waals surface area contributed by atoms with Crippen molar-refractivity contribution in [2.45, 2.75) is 381 Å². The van der Waals surface area contributed by atoms with Crippen LogP contribution in [-0.2, 0) is 40.2 Å². The van der Waals surface area contributed by atoms with Crippen LogP contribution in [0.15, 0.2) is 59.9 Å². The number of aromatic hydroxyl groups is 2. The molecule has 29 rings (SSSR count). The number of nitrogens with zero attached hydrogens (tertiary/aromatic N) is 3. The average Bonchev–Trinajstić information content (AvgIpc) is 1.36. The summed E-state index contributed by atoms with van der Waals surface area (Å²) in [6.07, 6.45) is 32.7. The quantitative estimate of drug-likeness (QED) is 0.108. The summed E-state index contributed by atoms with van der Waals surface area (Å²) in [7, 11) is 0. The number of likely N-dealkylation sites (tertiary alicyclic amines) is 2. The van der Waals surface area contributed by atoms with Gasteiger partial charge >= 0.3 is 0 Å². The molecular formula is C107H151N5O10. The van der Waals surface area contributed by atoms with Gasteiger partial charge in [-0.15, -0.1) is 0 Å². The molecule has 15 heteroatoms. The summed E-state index contributed by atoms with van der Waals surface area (Å²) >= 11 is 0. The maximum atomic E-state index is 12.1. The molecule has 16 bridgehead atoms. The molecule has 8 spiro atoms. The molecule has 8 N–H and O–H groups in total.